The van der Waals surface area contributed by atoms with Gasteiger partial charge in [-0.15, -0.1) is 0 Å². The first-order valence-corrected chi connectivity index (χ1v) is 9.82. The topological polar surface area (TPSA) is 48.6 Å². The van der Waals surface area contributed by atoms with Crippen LogP contribution in [0.15, 0.2) is 98.1 Å². The molecule has 2 heterocycles. The number of nitrogens with one attached hydrogen (secondary N) is 2. The summed E-state index contributed by atoms with van der Waals surface area (Å²) in [6, 6.07) is 20.2. The number of hydrogen-bond acceptors (Lipinski definition) is 1. The number of imidazole rings is 2. The SMILES string of the molecule is Cl[B-]([C@@H](Cc1ccccc1)OCc1ccccc1)([n+]1cc[nH]c1)[n+]1cc[nH]c1. The fourth-order valence-electron chi connectivity index (χ4n) is 3.55. The van der Waals surface area contributed by atoms with Gasteiger partial charge in [-0.05, 0) is 17.5 Å². The fraction of sp³-hybridized carbons (Fsp3) is 0.143. The Hall–Kier alpha value is -2.83. The van der Waals surface area contributed by atoms with E-state index < -0.39 is 5.83 Å². The second-order valence-electron chi connectivity index (χ2n) is 6.88. The third-order valence-electron chi connectivity index (χ3n) is 5.03. The lowest BCUT2D eigenvalue weighted by Crippen LogP contribution is -2.83. The smallest absolute Gasteiger partial charge is 0.400 e. The van der Waals surface area contributed by atoms with E-state index in [9.17, 15) is 0 Å². The Morgan fingerprint density at radius 3 is 1.86 bits per heavy atom. The number of aromatic nitrogens is 4. The largest absolute Gasteiger partial charge is 0.495 e. The minimum absolute atomic E-state index is 0.272. The number of halogens is 1. The van der Waals surface area contributed by atoms with E-state index >= 15 is 0 Å². The molecule has 0 aliphatic carbocycles. The third kappa shape index (κ3) is 3.88. The van der Waals surface area contributed by atoms with E-state index in [1.807, 2.05) is 82.8 Å². The molecule has 7 heteroatoms. The van der Waals surface area contributed by atoms with Crippen LogP contribution in [0.1, 0.15) is 11.1 Å². The van der Waals surface area contributed by atoms with Crippen molar-refractivity contribution in [3.8, 4) is 0 Å². The molecule has 2 aromatic heterocycles. The maximum atomic E-state index is 7.38. The van der Waals surface area contributed by atoms with Gasteiger partial charge in [-0.2, -0.15) is 0 Å². The Balaban J connectivity index is 1.71. The average molecular weight is 394 g/mol. The molecule has 0 aliphatic heterocycles. The van der Waals surface area contributed by atoms with Gasteiger partial charge in [0.25, 0.3) is 0 Å². The molecular weight excluding hydrogens is 371 g/mol. The quantitative estimate of drug-likeness (QED) is 0.444. The lowest BCUT2D eigenvalue weighted by molar-refractivity contribution is -0.684. The van der Waals surface area contributed by atoms with Gasteiger partial charge in [0.05, 0.1) is 19.0 Å². The molecule has 28 heavy (non-hydrogen) atoms. The molecule has 0 radical (unpaired) electrons. The van der Waals surface area contributed by atoms with Crippen LogP contribution >= 0.6 is 11.5 Å². The van der Waals surface area contributed by atoms with Crippen LogP contribution < -0.4 is 8.96 Å². The van der Waals surface area contributed by atoms with E-state index in [1.54, 1.807) is 0 Å². The fourth-order valence-corrected chi connectivity index (χ4v) is 3.95. The molecule has 0 spiro atoms. The average Bonchev–Trinajstić information content (AvgIpc) is 3.47. The normalized spacial score (nSPS) is 12.8. The van der Waals surface area contributed by atoms with Crippen molar-refractivity contribution in [2.75, 3.05) is 0 Å². The summed E-state index contributed by atoms with van der Waals surface area (Å²) in [5, 5.41) is 0. The van der Waals surface area contributed by atoms with Gasteiger partial charge in [-0.25, -0.2) is 0 Å². The number of benzene rings is 2. The Kier molecular flexibility index (Phi) is 5.60. The number of rotatable bonds is 8. The van der Waals surface area contributed by atoms with Gasteiger partial charge in [0, 0.05) is 6.00 Å². The summed E-state index contributed by atoms with van der Waals surface area (Å²) in [6.07, 6.45) is 12.0. The van der Waals surface area contributed by atoms with Crippen LogP contribution in [0.25, 0.3) is 0 Å². The van der Waals surface area contributed by atoms with E-state index in [0.717, 1.165) is 5.56 Å². The first-order chi connectivity index (χ1) is 13.8. The summed E-state index contributed by atoms with van der Waals surface area (Å²) in [6.45, 7) is 0.491. The molecule has 5 nitrogen and oxygen atoms in total. The number of ether oxygens (including phenoxy) is 1. The van der Waals surface area contributed by atoms with Crippen molar-refractivity contribution in [3.05, 3.63) is 109 Å². The molecule has 0 aliphatic rings. The Labute approximate surface area is 169 Å². The van der Waals surface area contributed by atoms with Gasteiger partial charge in [0.1, 0.15) is 12.4 Å². The van der Waals surface area contributed by atoms with Crippen molar-refractivity contribution in [2.24, 2.45) is 0 Å². The highest BCUT2D eigenvalue weighted by molar-refractivity contribution is 7.10. The Morgan fingerprint density at radius 2 is 1.36 bits per heavy atom. The van der Waals surface area contributed by atoms with Gasteiger partial charge in [0.15, 0.2) is 12.7 Å². The molecule has 0 amide bonds. The number of H-pyrrole nitrogens is 2. The minimum Gasteiger partial charge on any atom is -0.400 e. The highest BCUT2D eigenvalue weighted by atomic mass is 35.5. The molecule has 2 N–H and O–H groups in total. The monoisotopic (exact) mass is 393 g/mol. The van der Waals surface area contributed by atoms with Crippen LogP contribution in [0.2, 0.25) is 0 Å². The summed E-state index contributed by atoms with van der Waals surface area (Å²) in [5.41, 5.74) is 2.30. The van der Waals surface area contributed by atoms with Gasteiger partial charge in [0.2, 0.25) is 0 Å². The molecule has 0 saturated heterocycles. The highest BCUT2D eigenvalue weighted by Gasteiger charge is 2.47. The standard InChI is InChI=1S/C21H23BClN4O/c23-22(26-13-11-24-17-26,27-14-12-25-18-27)21(15-19-7-3-1-4-8-19)28-16-20-9-5-2-6-10-20/h1-14,17-18,21,24-25H,15-16H2/q+1/t21-/m1/s1. The Bertz CT molecular complexity index is 928. The van der Waals surface area contributed by atoms with E-state index in [1.165, 1.54) is 5.56 Å². The molecule has 0 unspecified atom stereocenters. The zero-order chi connectivity index (χ0) is 19.2. The third-order valence-corrected chi connectivity index (χ3v) is 5.76. The van der Waals surface area contributed by atoms with Crippen molar-refractivity contribution >= 4 is 17.3 Å². The predicted octanol–water partition coefficient (Wildman–Crippen LogP) is 2.86. The summed E-state index contributed by atoms with van der Waals surface area (Å²) < 4.78 is 10.5. The van der Waals surface area contributed by atoms with Crippen molar-refractivity contribution in [2.45, 2.75) is 19.0 Å². The minimum atomic E-state index is -1.82. The summed E-state index contributed by atoms with van der Waals surface area (Å²) in [5.74, 6) is -1.82. The predicted molar refractivity (Wildman–Crippen MR) is 110 cm³/mol. The number of hydrogen-bond donors (Lipinski definition) is 2. The molecule has 4 rings (SSSR count). The summed E-state index contributed by atoms with van der Waals surface area (Å²) in [7, 11) is 0. The molecule has 1 atom stereocenters. The molecule has 0 fully saturated rings. The zero-order valence-corrected chi connectivity index (χ0v) is 16.2. The van der Waals surface area contributed by atoms with E-state index in [2.05, 4.69) is 34.2 Å². The maximum absolute atomic E-state index is 7.38. The number of aromatic amines is 2. The zero-order valence-electron chi connectivity index (χ0n) is 15.5. The van der Waals surface area contributed by atoms with Crippen LogP contribution in [0, 0.1) is 0 Å². The van der Waals surface area contributed by atoms with Gasteiger partial charge in [-0.3, -0.25) is 21.4 Å². The van der Waals surface area contributed by atoms with E-state index in [4.69, 9.17) is 16.2 Å². The van der Waals surface area contributed by atoms with Crippen LogP contribution in [0.3, 0.4) is 0 Å². The molecule has 142 valence electrons. The summed E-state index contributed by atoms with van der Waals surface area (Å²) in [4.78, 5) is 6.21. The number of nitrogens with zero attached hydrogens (tertiary/aromatic N) is 2. The van der Waals surface area contributed by atoms with E-state index in [-0.39, 0.29) is 6.00 Å². The van der Waals surface area contributed by atoms with Gasteiger partial charge >= 0.3 is 5.83 Å². The van der Waals surface area contributed by atoms with Crippen molar-refractivity contribution in [1.82, 2.24) is 9.97 Å². The van der Waals surface area contributed by atoms with E-state index in [0.29, 0.717) is 13.0 Å². The molecule has 4 aromatic rings. The van der Waals surface area contributed by atoms with Crippen LogP contribution in [0.4, 0.5) is 0 Å². The van der Waals surface area contributed by atoms with Crippen LogP contribution in [-0.4, -0.2) is 21.8 Å². The highest BCUT2D eigenvalue weighted by Crippen LogP contribution is 2.18. The second-order valence-corrected chi connectivity index (χ2v) is 7.52. The van der Waals surface area contributed by atoms with Crippen molar-refractivity contribution in [3.63, 3.8) is 0 Å². The molecule has 2 aromatic carbocycles. The van der Waals surface area contributed by atoms with Gasteiger partial charge in [-0.1, -0.05) is 60.7 Å². The second kappa shape index (κ2) is 8.46. The lowest BCUT2D eigenvalue weighted by Gasteiger charge is -2.35. The summed E-state index contributed by atoms with van der Waals surface area (Å²) >= 11 is 7.38. The van der Waals surface area contributed by atoms with Crippen molar-refractivity contribution < 1.29 is 13.7 Å². The Morgan fingerprint density at radius 1 is 0.821 bits per heavy atom. The molecular formula is C21H23BClN4O+. The molecule has 0 saturated carbocycles. The first-order valence-electron chi connectivity index (χ1n) is 9.38. The van der Waals surface area contributed by atoms with Gasteiger partial charge < -0.3 is 13.7 Å². The van der Waals surface area contributed by atoms with Crippen LogP contribution in [0.5, 0.6) is 0 Å². The lowest BCUT2D eigenvalue weighted by atomic mass is 9.64. The first kappa shape index (κ1) is 18.5. The van der Waals surface area contributed by atoms with Crippen LogP contribution in [-0.2, 0) is 17.8 Å². The molecule has 0 bridgehead atoms. The van der Waals surface area contributed by atoms with Crippen molar-refractivity contribution in [1.29, 1.82) is 0 Å². The maximum Gasteiger partial charge on any atom is 0.495 e.